The molecule has 7 heteroatoms. The molecule has 12 rings (SSSR count). The molecule has 0 unspecified atom stereocenters. The van der Waals surface area contributed by atoms with Gasteiger partial charge in [-0.25, -0.2) is 15.0 Å². The zero-order valence-electron chi connectivity index (χ0n) is 45.1. The minimum absolute atomic E-state index is 0.0846. The van der Waals surface area contributed by atoms with Gasteiger partial charge >= 0.3 is 0 Å². The number of nitriles is 1. The minimum atomic E-state index is -0.0924. The third-order valence-electron chi connectivity index (χ3n) is 15.2. The van der Waals surface area contributed by atoms with Gasteiger partial charge < -0.3 is 13.6 Å². The molecular formula is C68H62N6O. The molecule has 0 N–H and O–H groups in total. The molecule has 0 aliphatic rings. The largest absolute Gasteiger partial charge is 0.454 e. The van der Waals surface area contributed by atoms with E-state index in [1.165, 1.54) is 33.0 Å². The van der Waals surface area contributed by atoms with Gasteiger partial charge in [0, 0.05) is 38.1 Å². The zero-order valence-corrected chi connectivity index (χ0v) is 45.1. The first-order valence-corrected chi connectivity index (χ1v) is 26.2. The Balaban J connectivity index is 1.27. The average molecular weight is 979 g/mol. The molecule has 0 saturated heterocycles. The van der Waals surface area contributed by atoms with E-state index in [1.807, 2.05) is 66.7 Å². The van der Waals surface area contributed by atoms with Crippen molar-refractivity contribution < 1.29 is 4.42 Å². The summed E-state index contributed by atoms with van der Waals surface area (Å²) in [5.41, 5.74) is 14.7. The van der Waals surface area contributed by atoms with Crippen LogP contribution in [0.1, 0.15) is 111 Å². The van der Waals surface area contributed by atoms with Crippen molar-refractivity contribution in [2.45, 2.75) is 105 Å². The molecule has 0 atom stereocenters. The van der Waals surface area contributed by atoms with Gasteiger partial charge in [0.05, 0.1) is 50.0 Å². The van der Waals surface area contributed by atoms with Crippen molar-refractivity contribution in [2.75, 3.05) is 0 Å². The van der Waals surface area contributed by atoms with Crippen molar-refractivity contribution in [3.63, 3.8) is 0 Å². The number of rotatable bonds is 5. The maximum Gasteiger partial charge on any atom is 0.167 e. The zero-order chi connectivity index (χ0) is 52.5. The quantitative estimate of drug-likeness (QED) is 0.171. The highest BCUT2D eigenvalue weighted by Crippen LogP contribution is 2.48. The molecule has 0 spiro atoms. The Labute approximate surface area is 439 Å². The third kappa shape index (κ3) is 7.89. The highest BCUT2D eigenvalue weighted by molar-refractivity contribution is 6.19. The Morgan fingerprint density at radius 1 is 0.400 bits per heavy atom. The molecule has 4 aromatic heterocycles. The van der Waals surface area contributed by atoms with Gasteiger partial charge in [-0.05, 0) is 105 Å². The summed E-state index contributed by atoms with van der Waals surface area (Å²) in [4.78, 5) is 15.4. The lowest BCUT2D eigenvalue weighted by molar-refractivity contribution is 0.590. The van der Waals surface area contributed by atoms with Crippen molar-refractivity contribution in [1.82, 2.24) is 24.1 Å². The van der Waals surface area contributed by atoms with Crippen LogP contribution in [0.15, 0.2) is 162 Å². The molecule has 0 fully saturated rings. The van der Waals surface area contributed by atoms with Crippen LogP contribution in [0.5, 0.6) is 0 Å². The topological polar surface area (TPSA) is 85.5 Å². The molecule has 0 bridgehead atoms. The summed E-state index contributed by atoms with van der Waals surface area (Å²) in [5, 5.41) is 17.8. The first-order chi connectivity index (χ1) is 35.7. The number of hydrogen-bond donors (Lipinski definition) is 0. The lowest BCUT2D eigenvalue weighted by Gasteiger charge is -2.21. The number of furan rings is 1. The van der Waals surface area contributed by atoms with Crippen molar-refractivity contribution in [3.8, 4) is 51.6 Å². The van der Waals surface area contributed by atoms with Crippen molar-refractivity contribution in [1.29, 1.82) is 5.26 Å². The Morgan fingerprint density at radius 2 is 0.800 bits per heavy atom. The highest BCUT2D eigenvalue weighted by Gasteiger charge is 2.30. The lowest BCUT2D eigenvalue weighted by atomic mass is 9.85. The van der Waals surface area contributed by atoms with Crippen LogP contribution in [0, 0.1) is 11.3 Å². The molecule has 8 aromatic carbocycles. The molecule has 370 valence electrons. The van der Waals surface area contributed by atoms with E-state index in [4.69, 9.17) is 19.4 Å². The van der Waals surface area contributed by atoms with Crippen LogP contribution in [0.3, 0.4) is 0 Å². The van der Waals surface area contributed by atoms with Crippen LogP contribution >= 0.6 is 0 Å². The van der Waals surface area contributed by atoms with Crippen LogP contribution in [0.4, 0.5) is 0 Å². The highest BCUT2D eigenvalue weighted by atomic mass is 16.3. The Bertz CT molecular complexity index is 4120. The van der Waals surface area contributed by atoms with Crippen LogP contribution in [-0.4, -0.2) is 24.1 Å². The van der Waals surface area contributed by atoms with E-state index in [0.29, 0.717) is 39.8 Å². The molecule has 0 aliphatic heterocycles. The standard InChI is InChI=1S/C68H62N6O/c1-65(2,3)43-26-30-53-49(35-43)50-36-44(66(4,5)6)27-31-54(50)73(53)57-34-42(39-69)60-58(59(57)74-55-32-28-45(67(7,8)9)37-51(55)52-38-46(68(10,11)12)29-33-56(52)74)47-24-19-25-48(61(47)75-60)64-71-62(40-20-15-13-16-21-40)70-63(72-64)41-22-17-14-18-23-41/h13-38H,1-12H3. The number of benzene rings is 8. The van der Waals surface area contributed by atoms with E-state index < -0.39 is 0 Å². The number of para-hydroxylation sites is 1. The Morgan fingerprint density at radius 3 is 1.20 bits per heavy atom. The molecule has 0 amide bonds. The summed E-state index contributed by atoms with van der Waals surface area (Å²) >= 11 is 0. The van der Waals surface area contributed by atoms with Gasteiger partial charge in [-0.3, -0.25) is 0 Å². The number of fused-ring (bicyclic) bond motifs is 9. The van der Waals surface area contributed by atoms with Crippen LogP contribution in [0.2, 0.25) is 0 Å². The van der Waals surface area contributed by atoms with Gasteiger partial charge in [-0.2, -0.15) is 5.26 Å². The minimum Gasteiger partial charge on any atom is -0.454 e. The first-order valence-electron chi connectivity index (χ1n) is 26.2. The second-order valence-corrected chi connectivity index (χ2v) is 24.5. The van der Waals surface area contributed by atoms with Crippen molar-refractivity contribution in [3.05, 3.63) is 186 Å². The van der Waals surface area contributed by atoms with Gasteiger partial charge in [-0.15, -0.1) is 0 Å². The van der Waals surface area contributed by atoms with E-state index in [-0.39, 0.29) is 21.7 Å². The van der Waals surface area contributed by atoms with Gasteiger partial charge in [0.1, 0.15) is 11.7 Å². The van der Waals surface area contributed by atoms with Gasteiger partial charge in [-0.1, -0.05) is 180 Å². The molecule has 75 heavy (non-hydrogen) atoms. The number of nitrogens with zero attached hydrogens (tertiary/aromatic N) is 6. The fourth-order valence-electron chi connectivity index (χ4n) is 10.9. The fraction of sp³-hybridized carbons (Fsp3) is 0.235. The summed E-state index contributed by atoms with van der Waals surface area (Å²) in [6.45, 7) is 27.3. The third-order valence-corrected chi connectivity index (χ3v) is 15.2. The van der Waals surface area contributed by atoms with Crippen molar-refractivity contribution >= 4 is 65.6 Å². The van der Waals surface area contributed by atoms with Gasteiger partial charge in [0.25, 0.3) is 0 Å². The van der Waals surface area contributed by atoms with Crippen LogP contribution < -0.4 is 0 Å². The molecule has 0 aliphatic carbocycles. The van der Waals surface area contributed by atoms with Crippen molar-refractivity contribution in [2.24, 2.45) is 0 Å². The normalized spacial score (nSPS) is 12.8. The number of aromatic nitrogens is 5. The molecule has 4 heterocycles. The Hall–Kier alpha value is -8.34. The molecule has 12 aromatic rings. The summed E-state index contributed by atoms with van der Waals surface area (Å²) in [6, 6.07) is 58.8. The van der Waals surface area contributed by atoms with E-state index in [9.17, 15) is 5.26 Å². The summed E-state index contributed by atoms with van der Waals surface area (Å²) in [5.74, 6) is 1.58. The van der Waals surface area contributed by atoms with Gasteiger partial charge in [0.2, 0.25) is 0 Å². The lowest BCUT2D eigenvalue weighted by Crippen LogP contribution is -2.11. The van der Waals surface area contributed by atoms with E-state index in [1.54, 1.807) is 0 Å². The SMILES string of the molecule is CC(C)(C)c1ccc2c(c1)c1cc(C(C)(C)C)ccc1n2-c1cc(C#N)c2oc3c(-c4nc(-c5ccccc5)nc(-c5ccccc5)n4)cccc3c2c1-n1c2ccc(C(C)(C)C)cc2c2cc(C(C)(C)C)ccc21. The predicted octanol–water partition coefficient (Wildman–Crippen LogP) is 18.0. The maximum atomic E-state index is 11.5. The van der Waals surface area contributed by atoms with Crippen LogP contribution in [0.25, 0.3) is 111 Å². The maximum absolute atomic E-state index is 11.5. The van der Waals surface area contributed by atoms with E-state index in [2.05, 4.69) is 189 Å². The second kappa shape index (κ2) is 16.8. The van der Waals surface area contributed by atoms with Crippen LogP contribution in [-0.2, 0) is 21.7 Å². The fourth-order valence-corrected chi connectivity index (χ4v) is 10.9. The molecule has 0 saturated carbocycles. The summed E-state index contributed by atoms with van der Waals surface area (Å²) < 4.78 is 12.1. The molecule has 0 radical (unpaired) electrons. The monoisotopic (exact) mass is 978 g/mol. The van der Waals surface area contributed by atoms with E-state index >= 15 is 0 Å². The summed E-state index contributed by atoms with van der Waals surface area (Å²) in [7, 11) is 0. The average Bonchev–Trinajstić information content (AvgIpc) is 4.08. The van der Waals surface area contributed by atoms with E-state index in [0.717, 1.165) is 66.1 Å². The van der Waals surface area contributed by atoms with Gasteiger partial charge in [0.15, 0.2) is 23.1 Å². The summed E-state index contributed by atoms with van der Waals surface area (Å²) in [6.07, 6.45) is 0. The predicted molar refractivity (Wildman–Crippen MR) is 312 cm³/mol. The smallest absolute Gasteiger partial charge is 0.167 e. The number of hydrogen-bond acceptors (Lipinski definition) is 5. The first kappa shape index (κ1) is 47.7. The Kier molecular flexibility index (Phi) is 10.7. The molecular weight excluding hydrogens is 917 g/mol. The second-order valence-electron chi connectivity index (χ2n) is 24.5. The molecule has 7 nitrogen and oxygen atoms in total.